The lowest BCUT2D eigenvalue weighted by Gasteiger charge is -2.15. The molecule has 0 aliphatic heterocycles. The molecule has 0 unspecified atom stereocenters. The number of aryl methyl sites for hydroxylation is 1. The van der Waals surface area contributed by atoms with Crippen LogP contribution in [0.2, 0.25) is 0 Å². The first-order valence-corrected chi connectivity index (χ1v) is 14.0. The molecule has 0 heterocycles. The zero-order valence-corrected chi connectivity index (χ0v) is 22.6. The van der Waals surface area contributed by atoms with Gasteiger partial charge >= 0.3 is 0 Å². The van der Waals surface area contributed by atoms with Gasteiger partial charge in [-0.25, -0.2) is 8.42 Å². The Hall–Kier alpha value is -3.54. The van der Waals surface area contributed by atoms with Crippen LogP contribution in [0.4, 0.5) is 0 Å². The highest BCUT2D eigenvalue weighted by molar-refractivity contribution is 7.93. The quantitative estimate of drug-likeness (QED) is 0.364. The molecule has 3 aromatic carbocycles. The summed E-state index contributed by atoms with van der Waals surface area (Å²) in [6, 6.07) is 12.6. The largest absolute Gasteiger partial charge is 0.496 e. The van der Waals surface area contributed by atoms with Crippen LogP contribution in [-0.4, -0.2) is 49.8 Å². The van der Waals surface area contributed by atoms with Crippen molar-refractivity contribution in [3.8, 4) is 34.1 Å². The van der Waals surface area contributed by atoms with Crippen LogP contribution in [0.1, 0.15) is 16.7 Å². The van der Waals surface area contributed by atoms with Crippen LogP contribution in [0.15, 0.2) is 58.8 Å². The van der Waals surface area contributed by atoms with Crippen LogP contribution >= 0.6 is 0 Å². The van der Waals surface area contributed by atoms with Crippen molar-refractivity contribution in [2.24, 2.45) is 0 Å². The van der Waals surface area contributed by atoms with Crippen molar-refractivity contribution in [1.82, 2.24) is 0 Å². The predicted octanol–water partition coefficient (Wildman–Crippen LogP) is 4.53. The summed E-state index contributed by atoms with van der Waals surface area (Å²) < 4.78 is 81.8. The average Bonchev–Trinajstić information content (AvgIpc) is 2.87. The molecule has 0 spiro atoms. The number of hydrogen-bond acceptors (Lipinski definition) is 8. The van der Waals surface area contributed by atoms with Gasteiger partial charge in [0.15, 0.2) is 9.84 Å². The van der Waals surface area contributed by atoms with Crippen molar-refractivity contribution in [3.63, 3.8) is 0 Å². The van der Waals surface area contributed by atoms with E-state index in [2.05, 4.69) is 0 Å². The first kappa shape index (κ1) is 28.0. The van der Waals surface area contributed by atoms with Crippen LogP contribution in [0.25, 0.3) is 17.2 Å². The molecule has 1 N–H and O–H groups in total. The Morgan fingerprint density at radius 1 is 0.784 bits per heavy atom. The van der Waals surface area contributed by atoms with E-state index in [-0.39, 0.29) is 11.1 Å². The van der Waals surface area contributed by atoms with E-state index < -0.39 is 30.6 Å². The Morgan fingerprint density at radius 3 is 1.92 bits per heavy atom. The molecule has 0 aliphatic carbocycles. The smallest absolute Gasteiger partial charge is 0.295 e. The van der Waals surface area contributed by atoms with Crippen LogP contribution in [0.5, 0.6) is 23.0 Å². The summed E-state index contributed by atoms with van der Waals surface area (Å²) in [5.74, 6) is 1.04. The van der Waals surface area contributed by atoms with Gasteiger partial charge in [0.1, 0.15) is 27.9 Å². The summed E-state index contributed by atoms with van der Waals surface area (Å²) in [6.07, 6.45) is 1.34. The first-order valence-electron chi connectivity index (χ1n) is 10.9. The second-order valence-electron chi connectivity index (χ2n) is 8.01. The molecule has 9 nitrogen and oxygen atoms in total. The summed E-state index contributed by atoms with van der Waals surface area (Å²) in [5, 5.41) is 1.00. The zero-order chi connectivity index (χ0) is 27.4. The molecule has 0 aliphatic rings. The van der Waals surface area contributed by atoms with Gasteiger partial charge in [-0.05, 0) is 42.3 Å². The number of hydrogen-bond donors (Lipinski definition) is 1. The minimum atomic E-state index is -4.69. The molecule has 0 bridgehead atoms. The monoisotopic (exact) mass is 548 g/mol. The predicted molar refractivity (Wildman–Crippen MR) is 141 cm³/mol. The number of ether oxygens (including phenoxy) is 4. The minimum absolute atomic E-state index is 0.196. The zero-order valence-electron chi connectivity index (χ0n) is 21.0. The van der Waals surface area contributed by atoms with E-state index in [9.17, 15) is 21.4 Å². The van der Waals surface area contributed by atoms with E-state index >= 15 is 0 Å². The lowest BCUT2D eigenvalue weighted by atomic mass is 9.99. The maximum absolute atomic E-state index is 13.0. The average molecular weight is 549 g/mol. The van der Waals surface area contributed by atoms with Gasteiger partial charge in [0.05, 0.1) is 39.8 Å². The fourth-order valence-corrected chi connectivity index (χ4v) is 5.73. The number of benzene rings is 3. The van der Waals surface area contributed by atoms with Crippen LogP contribution < -0.4 is 18.9 Å². The van der Waals surface area contributed by atoms with Crippen molar-refractivity contribution < 1.29 is 40.3 Å². The van der Waals surface area contributed by atoms with Gasteiger partial charge in [0, 0.05) is 28.7 Å². The summed E-state index contributed by atoms with van der Waals surface area (Å²) >= 11 is 0. The van der Waals surface area contributed by atoms with E-state index in [1.54, 1.807) is 43.3 Å². The fraction of sp³-hybridized carbons (Fsp3) is 0.231. The third-order valence-corrected chi connectivity index (χ3v) is 7.82. The minimum Gasteiger partial charge on any atom is -0.496 e. The molecule has 0 saturated carbocycles. The number of methoxy groups -OCH3 is 4. The highest BCUT2D eigenvalue weighted by Gasteiger charge is 2.23. The highest BCUT2D eigenvalue weighted by atomic mass is 32.2. The second kappa shape index (κ2) is 11.2. The van der Waals surface area contributed by atoms with Crippen LogP contribution in [-0.2, 0) is 25.7 Å². The third kappa shape index (κ3) is 6.43. The maximum Gasteiger partial charge on any atom is 0.295 e. The number of para-hydroxylation sites is 1. The van der Waals surface area contributed by atoms with Gasteiger partial charge < -0.3 is 18.9 Å². The topological polar surface area (TPSA) is 125 Å². The Balaban J connectivity index is 2.06. The molecule has 198 valence electrons. The van der Waals surface area contributed by atoms with Crippen molar-refractivity contribution in [1.29, 1.82) is 0 Å². The van der Waals surface area contributed by atoms with E-state index in [1.807, 2.05) is 0 Å². The molecular formula is C26H28O9S2. The summed E-state index contributed by atoms with van der Waals surface area (Å²) in [6.45, 7) is 1.66. The van der Waals surface area contributed by atoms with Gasteiger partial charge in [-0.1, -0.05) is 18.2 Å². The van der Waals surface area contributed by atoms with Crippen LogP contribution in [0, 0.1) is 6.92 Å². The van der Waals surface area contributed by atoms with Gasteiger partial charge in [-0.2, -0.15) is 8.42 Å². The van der Waals surface area contributed by atoms with E-state index in [4.69, 9.17) is 18.9 Å². The Morgan fingerprint density at radius 2 is 1.38 bits per heavy atom. The highest BCUT2D eigenvalue weighted by Crippen LogP contribution is 2.37. The van der Waals surface area contributed by atoms with Crippen molar-refractivity contribution >= 4 is 26.0 Å². The molecule has 3 rings (SSSR count). The normalized spacial score (nSPS) is 11.9. The summed E-state index contributed by atoms with van der Waals surface area (Å²) in [4.78, 5) is -0.421. The second-order valence-corrected chi connectivity index (χ2v) is 11.3. The molecule has 11 heteroatoms. The molecule has 0 aromatic heterocycles. The van der Waals surface area contributed by atoms with E-state index in [0.717, 1.165) is 5.41 Å². The number of rotatable bonds is 10. The molecule has 3 aromatic rings. The lowest BCUT2D eigenvalue weighted by Crippen LogP contribution is -2.07. The molecule has 0 saturated heterocycles. The summed E-state index contributed by atoms with van der Waals surface area (Å²) in [5.41, 5.74) is 1.75. The van der Waals surface area contributed by atoms with Gasteiger partial charge in [-0.15, -0.1) is 0 Å². The molecule has 0 radical (unpaired) electrons. The Labute approximate surface area is 216 Å². The van der Waals surface area contributed by atoms with E-state index in [0.29, 0.717) is 39.7 Å². The number of sulfone groups is 1. The SMILES string of the molecule is COc1cc(OC)c(C=CS(=O)(=O)Cc2cc(S(=O)(=O)O)c(-c3ccccc3OC)cc2C)c(OC)c1. The Kier molecular flexibility index (Phi) is 8.52. The standard InChI is InChI=1S/C26H28O9S2/c1-17-12-22(20-8-6-7-9-23(20)33-3)26(37(29,30)31)13-18(17)16-36(27,28)11-10-21-24(34-4)14-19(32-2)15-25(21)35-5/h6-15H,16H2,1-5H3,(H,29,30,31). The Bertz CT molecular complexity index is 1520. The van der Waals surface area contributed by atoms with Gasteiger partial charge in [-0.3, -0.25) is 4.55 Å². The van der Waals surface area contributed by atoms with Gasteiger partial charge in [0.25, 0.3) is 10.1 Å². The van der Waals surface area contributed by atoms with Crippen molar-refractivity contribution in [2.45, 2.75) is 17.6 Å². The molecule has 37 heavy (non-hydrogen) atoms. The molecule has 0 fully saturated rings. The van der Waals surface area contributed by atoms with Crippen molar-refractivity contribution in [3.05, 3.63) is 70.6 Å². The summed E-state index contributed by atoms with van der Waals surface area (Å²) in [7, 11) is -2.80. The van der Waals surface area contributed by atoms with Crippen LogP contribution in [0.3, 0.4) is 0 Å². The molecular weight excluding hydrogens is 520 g/mol. The molecule has 0 atom stereocenters. The fourth-order valence-electron chi connectivity index (χ4n) is 3.81. The maximum atomic E-state index is 13.0. The molecule has 0 amide bonds. The third-order valence-electron chi connectivity index (χ3n) is 5.67. The first-order chi connectivity index (χ1) is 17.4. The van der Waals surface area contributed by atoms with Crippen molar-refractivity contribution in [2.75, 3.05) is 28.4 Å². The van der Waals surface area contributed by atoms with Gasteiger partial charge in [0.2, 0.25) is 0 Å². The van der Waals surface area contributed by atoms with E-state index in [1.165, 1.54) is 46.6 Å². The lowest BCUT2D eigenvalue weighted by molar-refractivity contribution is 0.374.